The van der Waals surface area contributed by atoms with Crippen molar-refractivity contribution in [2.45, 2.75) is 36.7 Å². The van der Waals surface area contributed by atoms with Crippen LogP contribution in [0.4, 0.5) is 0 Å². The molecule has 5 nitrogen and oxygen atoms in total. The molecule has 3 N–H and O–H groups in total. The summed E-state index contributed by atoms with van der Waals surface area (Å²) in [5, 5.41) is 1.75. The third kappa shape index (κ3) is 2.92. The van der Waals surface area contributed by atoms with Gasteiger partial charge in [0.1, 0.15) is 0 Å². The number of hydrogen-bond acceptors (Lipinski definition) is 5. The Labute approximate surface area is 111 Å². The number of sulfonamides is 1. The topological polar surface area (TPSA) is 81.4 Å². The largest absolute Gasteiger partial charge is 0.380 e. The second-order valence-corrected chi connectivity index (χ2v) is 7.39. The molecule has 1 aliphatic rings. The molecule has 2 rings (SSSR count). The highest BCUT2D eigenvalue weighted by Crippen LogP contribution is 2.25. The van der Waals surface area contributed by atoms with E-state index in [9.17, 15) is 8.42 Å². The molecule has 0 amide bonds. The number of rotatable bonds is 4. The maximum Gasteiger partial charge on any atom is 0.242 e. The fraction of sp³-hybridized carbons (Fsp3) is 0.636. The van der Waals surface area contributed by atoms with Crippen LogP contribution in [0.1, 0.15) is 24.6 Å². The molecule has 1 aromatic rings. The lowest BCUT2D eigenvalue weighted by Gasteiger charge is -2.33. The molecular weight excluding hydrogens is 272 g/mol. The molecule has 1 aromatic heterocycles. The van der Waals surface area contributed by atoms with E-state index in [4.69, 9.17) is 10.5 Å². The van der Waals surface area contributed by atoms with E-state index in [0.29, 0.717) is 23.0 Å². The van der Waals surface area contributed by atoms with E-state index in [2.05, 4.69) is 4.72 Å². The van der Waals surface area contributed by atoms with Crippen molar-refractivity contribution >= 4 is 21.4 Å². The highest BCUT2D eigenvalue weighted by Gasteiger charge is 2.33. The fourth-order valence-electron chi connectivity index (χ4n) is 2.11. The van der Waals surface area contributed by atoms with Crippen molar-refractivity contribution in [3.05, 3.63) is 16.3 Å². The van der Waals surface area contributed by atoms with E-state index in [-0.39, 0.29) is 6.54 Å². The van der Waals surface area contributed by atoms with Gasteiger partial charge < -0.3 is 10.5 Å². The molecule has 0 bridgehead atoms. The SMILES string of the molecule is CC1(NS(=O)(=O)c2ccsc2CN)CCCOC1. The highest BCUT2D eigenvalue weighted by molar-refractivity contribution is 7.89. The molecule has 18 heavy (non-hydrogen) atoms. The summed E-state index contributed by atoms with van der Waals surface area (Å²) in [6.07, 6.45) is 1.65. The van der Waals surface area contributed by atoms with Gasteiger partial charge in [-0.05, 0) is 31.2 Å². The maximum atomic E-state index is 12.3. The van der Waals surface area contributed by atoms with Gasteiger partial charge in [-0.25, -0.2) is 13.1 Å². The molecule has 0 radical (unpaired) electrons. The van der Waals surface area contributed by atoms with Crippen molar-refractivity contribution in [2.24, 2.45) is 5.73 Å². The van der Waals surface area contributed by atoms with Gasteiger partial charge in [0.2, 0.25) is 10.0 Å². The first-order chi connectivity index (χ1) is 8.47. The normalized spacial score (nSPS) is 25.2. The average Bonchev–Trinajstić information content (AvgIpc) is 2.77. The Bertz CT molecular complexity index is 504. The molecule has 7 heteroatoms. The van der Waals surface area contributed by atoms with Gasteiger partial charge in [-0.1, -0.05) is 0 Å². The van der Waals surface area contributed by atoms with Crippen LogP contribution >= 0.6 is 11.3 Å². The van der Waals surface area contributed by atoms with Crippen molar-refractivity contribution in [2.75, 3.05) is 13.2 Å². The summed E-state index contributed by atoms with van der Waals surface area (Å²) >= 11 is 1.36. The Morgan fingerprint density at radius 1 is 1.61 bits per heavy atom. The monoisotopic (exact) mass is 290 g/mol. The van der Waals surface area contributed by atoms with Crippen LogP contribution in [0.2, 0.25) is 0 Å². The lowest BCUT2D eigenvalue weighted by molar-refractivity contribution is 0.0386. The first kappa shape index (κ1) is 14.0. The molecule has 1 fully saturated rings. The zero-order chi connectivity index (χ0) is 13.2. The van der Waals surface area contributed by atoms with Crippen molar-refractivity contribution in [1.82, 2.24) is 4.72 Å². The van der Waals surface area contributed by atoms with Crippen LogP contribution in [0.15, 0.2) is 16.3 Å². The van der Waals surface area contributed by atoms with Gasteiger partial charge in [-0.15, -0.1) is 11.3 Å². The lowest BCUT2D eigenvalue weighted by Crippen LogP contribution is -2.51. The van der Waals surface area contributed by atoms with Gasteiger partial charge in [0.15, 0.2) is 0 Å². The minimum atomic E-state index is -3.52. The Morgan fingerprint density at radius 2 is 2.39 bits per heavy atom. The van der Waals surface area contributed by atoms with E-state index in [1.807, 2.05) is 6.92 Å². The number of ether oxygens (including phenoxy) is 1. The number of thiophene rings is 1. The molecule has 0 spiro atoms. The summed E-state index contributed by atoms with van der Waals surface area (Å²) in [5.41, 5.74) is 5.03. The van der Waals surface area contributed by atoms with Crippen molar-refractivity contribution in [3.63, 3.8) is 0 Å². The Morgan fingerprint density at radius 3 is 3.00 bits per heavy atom. The molecule has 2 heterocycles. The van der Waals surface area contributed by atoms with Crippen LogP contribution in [-0.2, 0) is 21.3 Å². The van der Waals surface area contributed by atoms with Crippen molar-refractivity contribution in [3.8, 4) is 0 Å². The first-order valence-corrected chi connectivity index (χ1v) is 8.21. The molecule has 1 unspecified atom stereocenters. The zero-order valence-corrected chi connectivity index (χ0v) is 11.9. The van der Waals surface area contributed by atoms with Crippen LogP contribution < -0.4 is 10.5 Å². The van der Waals surface area contributed by atoms with E-state index in [1.165, 1.54) is 11.3 Å². The first-order valence-electron chi connectivity index (χ1n) is 5.85. The minimum absolute atomic E-state index is 0.237. The van der Waals surface area contributed by atoms with E-state index >= 15 is 0 Å². The molecular formula is C11H18N2O3S2. The molecule has 0 aromatic carbocycles. The number of nitrogens with one attached hydrogen (secondary N) is 1. The third-order valence-corrected chi connectivity index (χ3v) is 5.79. The van der Waals surface area contributed by atoms with Crippen LogP contribution in [0.5, 0.6) is 0 Å². The summed E-state index contributed by atoms with van der Waals surface area (Å²) in [7, 11) is -3.52. The smallest absolute Gasteiger partial charge is 0.242 e. The van der Waals surface area contributed by atoms with Gasteiger partial charge in [0.05, 0.1) is 17.0 Å². The molecule has 0 aliphatic carbocycles. The highest BCUT2D eigenvalue weighted by atomic mass is 32.2. The average molecular weight is 290 g/mol. The van der Waals surface area contributed by atoms with Crippen LogP contribution in [-0.4, -0.2) is 27.2 Å². The van der Waals surface area contributed by atoms with E-state index in [1.54, 1.807) is 11.4 Å². The lowest BCUT2D eigenvalue weighted by atomic mass is 9.97. The molecule has 0 saturated carbocycles. The van der Waals surface area contributed by atoms with Gasteiger partial charge in [-0.3, -0.25) is 0 Å². The van der Waals surface area contributed by atoms with Gasteiger partial charge in [0.25, 0.3) is 0 Å². The Hall–Kier alpha value is -0.470. The van der Waals surface area contributed by atoms with Crippen LogP contribution in [0, 0.1) is 0 Å². The second kappa shape index (κ2) is 5.26. The summed E-state index contributed by atoms with van der Waals surface area (Å²) < 4.78 is 32.8. The quantitative estimate of drug-likeness (QED) is 0.868. The van der Waals surface area contributed by atoms with E-state index < -0.39 is 15.6 Å². The zero-order valence-electron chi connectivity index (χ0n) is 10.3. The number of hydrogen-bond donors (Lipinski definition) is 2. The van der Waals surface area contributed by atoms with Gasteiger partial charge in [0, 0.05) is 18.0 Å². The molecule has 1 atom stereocenters. The van der Waals surface area contributed by atoms with Crippen LogP contribution in [0.3, 0.4) is 0 Å². The van der Waals surface area contributed by atoms with Gasteiger partial charge in [-0.2, -0.15) is 0 Å². The third-order valence-electron chi connectivity index (χ3n) is 3.00. The Kier molecular flexibility index (Phi) is 4.08. The van der Waals surface area contributed by atoms with Gasteiger partial charge >= 0.3 is 0 Å². The Balaban J connectivity index is 2.21. The summed E-state index contributed by atoms with van der Waals surface area (Å²) in [6.45, 7) is 3.22. The van der Waals surface area contributed by atoms with Crippen LogP contribution in [0.25, 0.3) is 0 Å². The summed E-state index contributed by atoms with van der Waals surface area (Å²) in [5.74, 6) is 0. The predicted octanol–water partition coefficient (Wildman–Crippen LogP) is 1.05. The minimum Gasteiger partial charge on any atom is -0.380 e. The second-order valence-electron chi connectivity index (χ2n) is 4.73. The molecule has 102 valence electrons. The predicted molar refractivity (Wildman–Crippen MR) is 71.0 cm³/mol. The summed E-state index contributed by atoms with van der Waals surface area (Å²) in [4.78, 5) is 0.977. The molecule has 1 saturated heterocycles. The number of nitrogens with two attached hydrogens (primary N) is 1. The fourth-order valence-corrected chi connectivity index (χ4v) is 4.87. The molecule has 1 aliphatic heterocycles. The maximum absolute atomic E-state index is 12.3. The standard InChI is InChI=1S/C11H18N2O3S2/c1-11(4-2-5-16-8-11)13-18(14,15)10-3-6-17-9(10)7-12/h3,6,13H,2,4-5,7-8,12H2,1H3. The van der Waals surface area contributed by atoms with Crippen molar-refractivity contribution in [1.29, 1.82) is 0 Å². The summed E-state index contributed by atoms with van der Waals surface area (Å²) in [6, 6.07) is 1.60. The van der Waals surface area contributed by atoms with Crippen molar-refractivity contribution < 1.29 is 13.2 Å². The van der Waals surface area contributed by atoms with E-state index in [0.717, 1.165) is 12.8 Å².